The summed E-state index contributed by atoms with van der Waals surface area (Å²) in [7, 11) is 1.26. The maximum Gasteiger partial charge on any atom is 0.344 e. The third kappa shape index (κ3) is 5.20. The maximum atomic E-state index is 12.7. The SMILES string of the molecule is Cc1cccc(C)c1OCC(=O)OCC(=O)c1c(N)n(Cc2ccccc2)c(=O)n(C)c1=O. The number of nitrogens with zero attached hydrogens (tertiary/aromatic N) is 2. The summed E-state index contributed by atoms with van der Waals surface area (Å²) in [4.78, 5) is 50.0. The molecule has 9 nitrogen and oxygen atoms in total. The van der Waals surface area contributed by atoms with Gasteiger partial charge in [0.25, 0.3) is 5.56 Å². The molecule has 0 saturated heterocycles. The second-order valence-electron chi connectivity index (χ2n) is 7.57. The molecule has 0 fully saturated rings. The van der Waals surface area contributed by atoms with E-state index in [1.54, 1.807) is 24.3 Å². The van der Waals surface area contributed by atoms with Crippen LogP contribution in [0.15, 0.2) is 58.1 Å². The first-order chi connectivity index (χ1) is 15.7. The van der Waals surface area contributed by atoms with Gasteiger partial charge in [0.15, 0.2) is 13.2 Å². The minimum Gasteiger partial charge on any atom is -0.481 e. The lowest BCUT2D eigenvalue weighted by atomic mass is 10.1. The van der Waals surface area contributed by atoms with Crippen LogP contribution in [0.1, 0.15) is 27.0 Å². The number of ether oxygens (including phenoxy) is 2. The van der Waals surface area contributed by atoms with Gasteiger partial charge in [0.05, 0.1) is 6.54 Å². The van der Waals surface area contributed by atoms with Gasteiger partial charge in [-0.05, 0) is 30.5 Å². The second-order valence-corrected chi connectivity index (χ2v) is 7.57. The van der Waals surface area contributed by atoms with Gasteiger partial charge in [-0.25, -0.2) is 9.59 Å². The topological polar surface area (TPSA) is 123 Å². The first-order valence-corrected chi connectivity index (χ1v) is 10.2. The molecule has 1 aromatic heterocycles. The number of Topliss-reactive ketones (excluding diaryl/α,β-unsaturated/α-hetero) is 1. The number of hydrogen-bond donors (Lipinski definition) is 1. The molecule has 3 rings (SSSR count). The second kappa shape index (κ2) is 9.99. The number of esters is 1. The van der Waals surface area contributed by atoms with Crippen LogP contribution in [0.3, 0.4) is 0 Å². The van der Waals surface area contributed by atoms with Gasteiger partial charge < -0.3 is 15.2 Å². The van der Waals surface area contributed by atoms with E-state index in [1.165, 1.54) is 7.05 Å². The van der Waals surface area contributed by atoms with E-state index in [1.807, 2.05) is 38.1 Å². The van der Waals surface area contributed by atoms with Crippen molar-refractivity contribution in [2.75, 3.05) is 18.9 Å². The Balaban J connectivity index is 1.75. The van der Waals surface area contributed by atoms with Crippen LogP contribution in [-0.4, -0.2) is 34.1 Å². The monoisotopic (exact) mass is 451 g/mol. The van der Waals surface area contributed by atoms with Crippen LogP contribution in [0.2, 0.25) is 0 Å². The summed E-state index contributed by atoms with van der Waals surface area (Å²) in [6, 6.07) is 14.6. The first kappa shape index (κ1) is 23.5. The van der Waals surface area contributed by atoms with E-state index in [0.29, 0.717) is 5.75 Å². The number of nitrogens with two attached hydrogens (primary N) is 1. The molecule has 2 N–H and O–H groups in total. The number of para-hydroxylation sites is 1. The molecular formula is C24H25N3O6. The number of carbonyl (C=O) groups is 2. The molecular weight excluding hydrogens is 426 g/mol. The van der Waals surface area contributed by atoms with Crippen molar-refractivity contribution in [1.29, 1.82) is 0 Å². The summed E-state index contributed by atoms with van der Waals surface area (Å²) in [5.41, 5.74) is 6.60. The molecule has 0 radical (unpaired) electrons. The van der Waals surface area contributed by atoms with Gasteiger partial charge >= 0.3 is 11.7 Å². The zero-order valence-electron chi connectivity index (χ0n) is 18.7. The summed E-state index contributed by atoms with van der Waals surface area (Å²) < 4.78 is 12.4. The van der Waals surface area contributed by atoms with Crippen molar-refractivity contribution in [3.8, 4) is 5.75 Å². The number of benzene rings is 2. The minimum atomic E-state index is -0.852. The molecule has 3 aromatic rings. The van der Waals surface area contributed by atoms with Gasteiger partial charge in [0.1, 0.15) is 17.1 Å². The smallest absolute Gasteiger partial charge is 0.344 e. The highest BCUT2D eigenvalue weighted by molar-refractivity contribution is 6.01. The maximum absolute atomic E-state index is 12.7. The van der Waals surface area contributed by atoms with Crippen LogP contribution in [0.4, 0.5) is 5.82 Å². The lowest BCUT2D eigenvalue weighted by Crippen LogP contribution is -2.43. The minimum absolute atomic E-state index is 0.0727. The molecule has 0 amide bonds. The van der Waals surface area contributed by atoms with Crippen molar-refractivity contribution in [2.45, 2.75) is 20.4 Å². The fraction of sp³-hybridized carbons (Fsp3) is 0.250. The van der Waals surface area contributed by atoms with Crippen molar-refractivity contribution in [1.82, 2.24) is 9.13 Å². The quantitative estimate of drug-likeness (QED) is 0.408. The van der Waals surface area contributed by atoms with E-state index in [4.69, 9.17) is 15.2 Å². The number of aryl methyl sites for hydroxylation is 2. The van der Waals surface area contributed by atoms with Gasteiger partial charge in [0, 0.05) is 7.05 Å². The predicted octanol–water partition coefficient (Wildman–Crippen LogP) is 1.60. The molecule has 33 heavy (non-hydrogen) atoms. The molecule has 9 heteroatoms. The van der Waals surface area contributed by atoms with Crippen molar-refractivity contribution < 1.29 is 19.1 Å². The van der Waals surface area contributed by atoms with Gasteiger partial charge in [-0.1, -0.05) is 48.5 Å². The number of anilines is 1. The molecule has 1 heterocycles. The Morgan fingerprint density at radius 1 is 0.939 bits per heavy atom. The number of rotatable bonds is 8. The number of aromatic nitrogens is 2. The lowest BCUT2D eigenvalue weighted by molar-refractivity contribution is -0.144. The van der Waals surface area contributed by atoms with Gasteiger partial charge in [-0.15, -0.1) is 0 Å². The van der Waals surface area contributed by atoms with E-state index >= 15 is 0 Å². The highest BCUT2D eigenvalue weighted by atomic mass is 16.6. The standard InChI is InChI=1S/C24H25N3O6/c1-15-8-7-9-16(2)21(15)33-14-19(29)32-13-18(28)20-22(25)27(24(31)26(3)23(20)30)12-17-10-5-4-6-11-17/h4-11H,12-14,25H2,1-3H3. The molecule has 0 atom stereocenters. The van der Waals surface area contributed by atoms with Crippen molar-refractivity contribution in [3.05, 3.63) is 91.6 Å². The highest BCUT2D eigenvalue weighted by Gasteiger charge is 2.23. The molecule has 172 valence electrons. The third-order valence-corrected chi connectivity index (χ3v) is 5.15. The lowest BCUT2D eigenvalue weighted by Gasteiger charge is -2.15. The van der Waals surface area contributed by atoms with Gasteiger partial charge in [-0.3, -0.25) is 18.7 Å². The highest BCUT2D eigenvalue weighted by Crippen LogP contribution is 2.22. The molecule has 0 aliphatic heterocycles. The van der Waals surface area contributed by atoms with Crippen LogP contribution in [0, 0.1) is 13.8 Å². The average molecular weight is 451 g/mol. The van der Waals surface area contributed by atoms with Crippen LogP contribution < -0.4 is 21.7 Å². The Kier molecular flexibility index (Phi) is 7.12. The largest absolute Gasteiger partial charge is 0.481 e. The zero-order valence-corrected chi connectivity index (χ0v) is 18.7. The molecule has 0 saturated carbocycles. The van der Waals surface area contributed by atoms with Crippen LogP contribution in [-0.2, 0) is 23.1 Å². The summed E-state index contributed by atoms with van der Waals surface area (Å²) in [6.45, 7) is 2.65. The predicted molar refractivity (Wildman–Crippen MR) is 123 cm³/mol. The Morgan fingerprint density at radius 2 is 1.58 bits per heavy atom. The van der Waals surface area contributed by atoms with E-state index < -0.39 is 41.8 Å². The summed E-state index contributed by atoms with van der Waals surface area (Å²) in [5.74, 6) is -1.30. The molecule has 0 spiro atoms. The number of hydrogen-bond acceptors (Lipinski definition) is 7. The molecule has 0 bridgehead atoms. The van der Waals surface area contributed by atoms with Crippen LogP contribution in [0.25, 0.3) is 0 Å². The third-order valence-electron chi connectivity index (χ3n) is 5.15. The number of nitrogen functional groups attached to an aromatic ring is 1. The average Bonchev–Trinajstić information content (AvgIpc) is 2.79. The number of ketones is 1. The van der Waals surface area contributed by atoms with Crippen molar-refractivity contribution >= 4 is 17.6 Å². The summed E-state index contributed by atoms with van der Waals surface area (Å²) in [5, 5.41) is 0. The van der Waals surface area contributed by atoms with Crippen LogP contribution >= 0.6 is 0 Å². The van der Waals surface area contributed by atoms with E-state index in [-0.39, 0.29) is 12.4 Å². The summed E-state index contributed by atoms with van der Waals surface area (Å²) >= 11 is 0. The van der Waals surface area contributed by atoms with Gasteiger partial charge in [0.2, 0.25) is 5.78 Å². The van der Waals surface area contributed by atoms with E-state index in [0.717, 1.165) is 25.8 Å². The normalized spacial score (nSPS) is 10.6. The number of carbonyl (C=O) groups excluding carboxylic acids is 2. The van der Waals surface area contributed by atoms with Gasteiger partial charge in [-0.2, -0.15) is 0 Å². The zero-order chi connectivity index (χ0) is 24.1. The molecule has 0 unspecified atom stereocenters. The fourth-order valence-electron chi connectivity index (χ4n) is 3.38. The van der Waals surface area contributed by atoms with Crippen molar-refractivity contribution in [2.24, 2.45) is 7.05 Å². The Hall–Kier alpha value is -4.14. The van der Waals surface area contributed by atoms with E-state index in [2.05, 4.69) is 0 Å². The Bertz CT molecular complexity index is 1290. The molecule has 0 aliphatic carbocycles. The Labute approximate surface area is 190 Å². The summed E-state index contributed by atoms with van der Waals surface area (Å²) in [6.07, 6.45) is 0. The fourth-order valence-corrected chi connectivity index (χ4v) is 3.38. The van der Waals surface area contributed by atoms with E-state index in [9.17, 15) is 19.2 Å². The van der Waals surface area contributed by atoms with Crippen LogP contribution in [0.5, 0.6) is 5.75 Å². The van der Waals surface area contributed by atoms with Crippen molar-refractivity contribution in [3.63, 3.8) is 0 Å². The molecule has 2 aromatic carbocycles. The first-order valence-electron chi connectivity index (χ1n) is 10.2. The molecule has 0 aliphatic rings. The Morgan fingerprint density at radius 3 is 2.21 bits per heavy atom.